The van der Waals surface area contributed by atoms with E-state index >= 15 is 0 Å². The Labute approximate surface area is 248 Å². The minimum atomic E-state index is -1.26. The number of hydrogen-bond donors (Lipinski definition) is 1. The topological polar surface area (TPSA) is 41.8 Å². The Morgan fingerprint density at radius 2 is 1.21 bits per heavy atom. The molecule has 5 aromatic rings. The first-order valence-electron chi connectivity index (χ1n) is 15.0. The summed E-state index contributed by atoms with van der Waals surface area (Å²) in [4.78, 5) is 5.06. The van der Waals surface area contributed by atoms with Gasteiger partial charge in [0.1, 0.15) is 12.2 Å². The van der Waals surface area contributed by atoms with Crippen molar-refractivity contribution in [2.24, 2.45) is 4.99 Å². The van der Waals surface area contributed by atoms with Gasteiger partial charge < -0.3 is 9.84 Å². The van der Waals surface area contributed by atoms with Gasteiger partial charge in [0.25, 0.3) is 0 Å². The highest BCUT2D eigenvalue weighted by Gasteiger charge is 2.36. The van der Waals surface area contributed by atoms with Crippen LogP contribution in [0.1, 0.15) is 50.1 Å². The van der Waals surface area contributed by atoms with Crippen LogP contribution in [0.4, 0.5) is 0 Å². The lowest BCUT2D eigenvalue weighted by molar-refractivity contribution is 0.124. The second kappa shape index (κ2) is 11.4. The summed E-state index contributed by atoms with van der Waals surface area (Å²) < 4.78 is 6.24. The third-order valence-electron chi connectivity index (χ3n) is 8.74. The minimum absolute atomic E-state index is 0.128. The van der Waals surface area contributed by atoms with Crippen LogP contribution in [-0.2, 0) is 42.4 Å². The molecule has 0 amide bonds. The van der Waals surface area contributed by atoms with Gasteiger partial charge in [-0.3, -0.25) is 0 Å². The lowest BCUT2D eigenvalue weighted by atomic mass is 9.76. The molecule has 1 N–H and O–H groups in total. The molecule has 3 nitrogen and oxygen atoms in total. The zero-order valence-corrected chi connectivity index (χ0v) is 23.7. The van der Waals surface area contributed by atoms with Crippen LogP contribution in [-0.4, -0.2) is 23.7 Å². The molecule has 0 aromatic heterocycles. The van der Waals surface area contributed by atoms with Crippen LogP contribution in [0.2, 0.25) is 0 Å². The first-order valence-corrected chi connectivity index (χ1v) is 15.0. The standard InChI is InChI=1S/C39H35NO2/c41-39(33-12-6-2-7-13-33,34-14-8-3-9-15-34)37-26-30-17-16-29-18-20-31(22-23-32(37)21-19-30)36(25-29)38-40-35(27-42-38)24-28-10-4-1-5-11-28/h1-15,18-21,25-26,35,41H,16-17,22-24,27H2/t35-/m0/s1. The number of aliphatic hydroxyl groups is 1. The zero-order valence-electron chi connectivity index (χ0n) is 23.7. The SMILES string of the molecule is OC(c1ccccc1)(c1ccccc1)c1cc2ccc1CCc1ccc(cc1C1=N[C@@H](Cc3ccccc3)CO1)CC2. The van der Waals surface area contributed by atoms with Crippen molar-refractivity contribution < 1.29 is 9.84 Å². The molecule has 0 spiro atoms. The number of benzene rings is 5. The molecule has 4 aliphatic carbocycles. The number of aryl methyl sites for hydroxylation is 4. The summed E-state index contributed by atoms with van der Waals surface area (Å²) in [6.45, 7) is 0.611. The summed E-state index contributed by atoms with van der Waals surface area (Å²) >= 11 is 0. The normalized spacial score (nSPS) is 16.4. The second-order valence-electron chi connectivity index (χ2n) is 11.5. The average molecular weight is 550 g/mol. The molecule has 1 heterocycles. The maximum Gasteiger partial charge on any atom is 0.216 e. The molecule has 42 heavy (non-hydrogen) atoms. The Morgan fingerprint density at radius 3 is 1.88 bits per heavy atom. The van der Waals surface area contributed by atoms with E-state index in [0.29, 0.717) is 6.61 Å². The van der Waals surface area contributed by atoms with E-state index < -0.39 is 5.60 Å². The Balaban J connectivity index is 1.26. The first kappa shape index (κ1) is 26.4. The third-order valence-corrected chi connectivity index (χ3v) is 8.74. The molecule has 1 atom stereocenters. The quantitative estimate of drug-likeness (QED) is 0.227. The molecule has 208 valence electrons. The van der Waals surface area contributed by atoms with E-state index in [1.807, 2.05) is 60.7 Å². The van der Waals surface area contributed by atoms with Crippen LogP contribution >= 0.6 is 0 Å². The summed E-state index contributed by atoms with van der Waals surface area (Å²) in [7, 11) is 0. The van der Waals surface area contributed by atoms with Gasteiger partial charge >= 0.3 is 0 Å². The fraction of sp³-hybridized carbons (Fsp3) is 0.205. The summed E-state index contributed by atoms with van der Waals surface area (Å²) in [5.41, 5.74) is 8.75. The molecule has 5 aliphatic rings. The summed E-state index contributed by atoms with van der Waals surface area (Å²) in [5.74, 6) is 0.768. The molecule has 3 heteroatoms. The van der Waals surface area contributed by atoms with E-state index in [9.17, 15) is 5.11 Å². The molecule has 10 rings (SSSR count). The molecule has 0 saturated heterocycles. The number of aliphatic imine (C=N–C) groups is 1. The number of ether oxygens (including phenoxy) is 1. The molecular formula is C39H35NO2. The van der Waals surface area contributed by atoms with Crippen molar-refractivity contribution in [2.45, 2.75) is 43.7 Å². The van der Waals surface area contributed by atoms with Crippen molar-refractivity contribution in [1.29, 1.82) is 0 Å². The lowest BCUT2D eigenvalue weighted by Crippen LogP contribution is -2.30. The van der Waals surface area contributed by atoms with Gasteiger partial charge in [-0.15, -0.1) is 0 Å². The van der Waals surface area contributed by atoms with Crippen molar-refractivity contribution in [3.05, 3.63) is 177 Å². The van der Waals surface area contributed by atoms with Crippen molar-refractivity contribution >= 4 is 5.90 Å². The highest BCUT2D eigenvalue weighted by molar-refractivity contribution is 5.97. The highest BCUT2D eigenvalue weighted by Crippen LogP contribution is 2.39. The van der Waals surface area contributed by atoms with E-state index in [-0.39, 0.29) is 6.04 Å². The third kappa shape index (κ3) is 5.17. The van der Waals surface area contributed by atoms with E-state index in [1.54, 1.807) is 0 Å². The van der Waals surface area contributed by atoms with Crippen LogP contribution < -0.4 is 0 Å². The van der Waals surface area contributed by atoms with Crippen LogP contribution in [0.25, 0.3) is 0 Å². The Bertz CT molecular complexity index is 1670. The van der Waals surface area contributed by atoms with E-state index in [4.69, 9.17) is 9.73 Å². The van der Waals surface area contributed by atoms with Gasteiger partial charge in [-0.25, -0.2) is 4.99 Å². The van der Waals surface area contributed by atoms with Crippen LogP contribution in [0.15, 0.2) is 132 Å². The molecule has 0 radical (unpaired) electrons. The smallest absolute Gasteiger partial charge is 0.216 e. The van der Waals surface area contributed by atoms with Crippen LogP contribution in [0, 0.1) is 0 Å². The largest absolute Gasteiger partial charge is 0.475 e. The summed E-state index contributed by atoms with van der Waals surface area (Å²) in [6.07, 6.45) is 4.29. The number of hydrogen-bond acceptors (Lipinski definition) is 3. The number of nitrogens with zero attached hydrogens (tertiary/aromatic N) is 1. The van der Waals surface area contributed by atoms with Crippen molar-refractivity contribution in [3.8, 4) is 0 Å². The van der Waals surface area contributed by atoms with Gasteiger partial charge in [0.2, 0.25) is 5.90 Å². The van der Waals surface area contributed by atoms with Crippen molar-refractivity contribution in [3.63, 3.8) is 0 Å². The maximum absolute atomic E-state index is 12.7. The average Bonchev–Trinajstić information content (AvgIpc) is 3.51. The van der Waals surface area contributed by atoms with Crippen LogP contribution in [0.3, 0.4) is 0 Å². The molecule has 0 fully saturated rings. The van der Waals surface area contributed by atoms with Gasteiger partial charge in [0.15, 0.2) is 0 Å². The Morgan fingerprint density at radius 1 is 0.643 bits per heavy atom. The molecular weight excluding hydrogens is 514 g/mol. The van der Waals surface area contributed by atoms with Gasteiger partial charge in [-0.1, -0.05) is 121 Å². The summed E-state index contributed by atoms with van der Waals surface area (Å²) in [6, 6.07) is 44.3. The van der Waals surface area contributed by atoms with Crippen LogP contribution in [0.5, 0.6) is 0 Å². The maximum atomic E-state index is 12.7. The van der Waals surface area contributed by atoms with Gasteiger partial charge in [-0.2, -0.15) is 0 Å². The van der Waals surface area contributed by atoms with Crippen molar-refractivity contribution in [2.75, 3.05) is 6.61 Å². The lowest BCUT2D eigenvalue weighted by Gasteiger charge is -2.33. The summed E-state index contributed by atoms with van der Waals surface area (Å²) in [5, 5.41) is 12.7. The van der Waals surface area contributed by atoms with Gasteiger partial charge in [0.05, 0.1) is 6.04 Å². The molecule has 0 unspecified atom stereocenters. The van der Waals surface area contributed by atoms with E-state index in [1.165, 1.54) is 22.3 Å². The Hall–Kier alpha value is -4.47. The highest BCUT2D eigenvalue weighted by atomic mass is 16.5. The second-order valence-corrected chi connectivity index (χ2v) is 11.5. The molecule has 5 aromatic carbocycles. The minimum Gasteiger partial charge on any atom is -0.475 e. The monoisotopic (exact) mass is 549 g/mol. The predicted octanol–water partition coefficient (Wildman–Crippen LogP) is 7.24. The predicted molar refractivity (Wildman–Crippen MR) is 169 cm³/mol. The number of rotatable bonds is 6. The fourth-order valence-corrected chi connectivity index (χ4v) is 6.48. The van der Waals surface area contributed by atoms with E-state index in [0.717, 1.165) is 65.8 Å². The molecule has 0 saturated carbocycles. The van der Waals surface area contributed by atoms with Crippen molar-refractivity contribution in [1.82, 2.24) is 0 Å². The fourth-order valence-electron chi connectivity index (χ4n) is 6.48. The Kier molecular flexibility index (Phi) is 7.19. The molecule has 1 aliphatic heterocycles. The zero-order chi connectivity index (χ0) is 28.4. The van der Waals surface area contributed by atoms with Gasteiger partial charge in [-0.05, 0) is 82.7 Å². The van der Waals surface area contributed by atoms with Gasteiger partial charge in [0, 0.05) is 5.56 Å². The first-order chi connectivity index (χ1) is 20.7. The van der Waals surface area contributed by atoms with E-state index in [2.05, 4.69) is 66.7 Å². The molecule has 4 bridgehead atoms.